The van der Waals surface area contributed by atoms with Crippen LogP contribution in [0.2, 0.25) is 10.0 Å². The molecule has 0 aliphatic carbocycles. The molecule has 0 saturated heterocycles. The van der Waals surface area contributed by atoms with E-state index in [2.05, 4.69) is 5.32 Å². The molecule has 1 aromatic heterocycles. The molecule has 2 atom stereocenters. The quantitative estimate of drug-likeness (QED) is 0.434. The molecule has 1 amide bonds. The standard InChI is InChI=1S/C23H24Cl2N2O4.H2S/c1-12(2)20(23(30)31)14-6-4-13(5-7-14)17(11-28)26-22(29)19-10-15-18(27(19)3)9-8-16(24)21(15)25;/h4-10,12,17,20,28H,11H2,1-3H3,(H,26,29)(H,30,31);1H2/t17-,20?;/m1./s1. The van der Waals surface area contributed by atoms with Gasteiger partial charge in [0.2, 0.25) is 0 Å². The second kappa shape index (κ2) is 10.6. The molecule has 6 nitrogen and oxygen atoms in total. The Hall–Kier alpha value is -2.19. The van der Waals surface area contributed by atoms with Gasteiger partial charge in [-0.05, 0) is 35.2 Å². The third-order valence-corrected chi connectivity index (χ3v) is 6.28. The lowest BCUT2D eigenvalue weighted by Crippen LogP contribution is -2.32. The zero-order valence-electron chi connectivity index (χ0n) is 17.9. The molecule has 0 aliphatic rings. The summed E-state index contributed by atoms with van der Waals surface area (Å²) in [6.45, 7) is 3.40. The molecular weight excluding hydrogens is 471 g/mol. The summed E-state index contributed by atoms with van der Waals surface area (Å²) in [4.78, 5) is 24.5. The molecule has 0 fully saturated rings. The highest BCUT2D eigenvalue weighted by molar-refractivity contribution is 7.59. The van der Waals surface area contributed by atoms with E-state index in [-0.39, 0.29) is 31.9 Å². The molecule has 0 aliphatic heterocycles. The first kappa shape index (κ1) is 26.1. The number of hydrogen-bond acceptors (Lipinski definition) is 3. The predicted octanol–water partition coefficient (Wildman–Crippen LogP) is 4.89. The average Bonchev–Trinajstić information content (AvgIpc) is 3.06. The number of nitrogens with one attached hydrogen (secondary N) is 1. The minimum atomic E-state index is -0.885. The van der Waals surface area contributed by atoms with Crippen molar-refractivity contribution in [3.63, 3.8) is 0 Å². The lowest BCUT2D eigenvalue weighted by atomic mass is 9.88. The average molecular weight is 497 g/mol. The van der Waals surface area contributed by atoms with Crippen LogP contribution in [0.5, 0.6) is 0 Å². The van der Waals surface area contributed by atoms with Gasteiger partial charge < -0.3 is 20.1 Å². The van der Waals surface area contributed by atoms with Crippen LogP contribution in [-0.4, -0.2) is 33.3 Å². The van der Waals surface area contributed by atoms with Gasteiger partial charge in [-0.15, -0.1) is 0 Å². The Balaban J connectivity index is 0.00000363. The number of aromatic nitrogens is 1. The summed E-state index contributed by atoms with van der Waals surface area (Å²) in [5, 5.41) is 23.6. The molecule has 2 aromatic carbocycles. The van der Waals surface area contributed by atoms with Crippen molar-refractivity contribution in [1.82, 2.24) is 9.88 Å². The molecule has 0 spiro atoms. The molecule has 32 heavy (non-hydrogen) atoms. The van der Waals surface area contributed by atoms with Gasteiger partial charge in [0.1, 0.15) is 5.69 Å². The lowest BCUT2D eigenvalue weighted by molar-refractivity contribution is -0.139. The van der Waals surface area contributed by atoms with Gasteiger partial charge in [-0.2, -0.15) is 13.5 Å². The summed E-state index contributed by atoms with van der Waals surface area (Å²) in [7, 11) is 1.75. The Morgan fingerprint density at radius 3 is 2.19 bits per heavy atom. The van der Waals surface area contributed by atoms with Gasteiger partial charge in [0.05, 0.1) is 28.6 Å². The number of benzene rings is 2. The molecule has 3 N–H and O–H groups in total. The second-order valence-electron chi connectivity index (χ2n) is 7.82. The van der Waals surface area contributed by atoms with Gasteiger partial charge in [-0.3, -0.25) is 9.59 Å². The number of carbonyl (C=O) groups is 2. The number of hydrogen-bond donors (Lipinski definition) is 3. The van der Waals surface area contributed by atoms with E-state index in [1.807, 2.05) is 13.8 Å². The number of rotatable bonds is 7. The Kier molecular flexibility index (Phi) is 8.65. The zero-order valence-corrected chi connectivity index (χ0v) is 20.4. The van der Waals surface area contributed by atoms with E-state index in [1.54, 1.807) is 54.1 Å². The van der Waals surface area contributed by atoms with Crippen LogP contribution in [0.1, 0.15) is 47.4 Å². The van der Waals surface area contributed by atoms with E-state index in [0.717, 1.165) is 5.52 Å². The maximum absolute atomic E-state index is 12.9. The summed E-state index contributed by atoms with van der Waals surface area (Å²) in [5.74, 6) is -1.95. The SMILES string of the molecule is CC(C)C(C(=O)O)c1ccc([C@@H](CO)NC(=O)c2cc3c(Cl)c(Cl)ccc3n2C)cc1.S. The molecular formula is C23H26Cl2N2O4S. The number of aryl methyl sites for hydroxylation is 1. The summed E-state index contributed by atoms with van der Waals surface area (Å²) in [6.07, 6.45) is 0. The number of fused-ring (bicyclic) bond motifs is 1. The van der Waals surface area contributed by atoms with Gasteiger partial charge >= 0.3 is 5.97 Å². The molecule has 172 valence electrons. The Labute approximate surface area is 203 Å². The van der Waals surface area contributed by atoms with Gasteiger partial charge in [0.15, 0.2) is 0 Å². The van der Waals surface area contributed by atoms with Crippen molar-refractivity contribution in [3.8, 4) is 0 Å². The van der Waals surface area contributed by atoms with E-state index in [0.29, 0.717) is 32.3 Å². The fraction of sp³-hybridized carbons (Fsp3) is 0.304. The Morgan fingerprint density at radius 1 is 1.06 bits per heavy atom. The van der Waals surface area contributed by atoms with Crippen molar-refractivity contribution in [2.45, 2.75) is 25.8 Å². The number of carbonyl (C=O) groups excluding carboxylic acids is 1. The van der Waals surface area contributed by atoms with E-state index < -0.39 is 17.9 Å². The van der Waals surface area contributed by atoms with Crippen molar-refractivity contribution in [3.05, 3.63) is 69.3 Å². The minimum Gasteiger partial charge on any atom is -0.481 e. The zero-order chi connectivity index (χ0) is 22.9. The van der Waals surface area contributed by atoms with Crippen molar-refractivity contribution in [1.29, 1.82) is 0 Å². The van der Waals surface area contributed by atoms with Gasteiger partial charge in [0.25, 0.3) is 5.91 Å². The number of aliphatic carboxylic acids is 1. The molecule has 3 rings (SSSR count). The number of amides is 1. The fourth-order valence-corrected chi connectivity index (χ4v) is 4.16. The maximum atomic E-state index is 12.9. The number of halogens is 2. The van der Waals surface area contributed by atoms with Crippen LogP contribution in [0.3, 0.4) is 0 Å². The van der Waals surface area contributed by atoms with Gasteiger partial charge in [-0.25, -0.2) is 0 Å². The van der Waals surface area contributed by atoms with Crippen LogP contribution < -0.4 is 5.32 Å². The van der Waals surface area contributed by atoms with E-state index in [1.165, 1.54) is 0 Å². The highest BCUT2D eigenvalue weighted by Gasteiger charge is 2.24. The molecule has 3 aromatic rings. The largest absolute Gasteiger partial charge is 0.481 e. The van der Waals surface area contributed by atoms with Crippen molar-refractivity contribution in [2.24, 2.45) is 13.0 Å². The van der Waals surface area contributed by atoms with Crippen molar-refractivity contribution >= 4 is 59.5 Å². The summed E-state index contributed by atoms with van der Waals surface area (Å²) in [5.41, 5.74) is 2.49. The molecule has 1 heterocycles. The number of nitrogens with zero attached hydrogens (tertiary/aromatic N) is 1. The summed E-state index contributed by atoms with van der Waals surface area (Å²) in [6, 6.07) is 11.4. The van der Waals surface area contributed by atoms with E-state index in [9.17, 15) is 19.8 Å². The molecule has 9 heteroatoms. The highest BCUT2D eigenvalue weighted by Crippen LogP contribution is 2.33. The smallest absolute Gasteiger partial charge is 0.311 e. The lowest BCUT2D eigenvalue weighted by Gasteiger charge is -2.20. The number of carboxylic acids is 1. The third-order valence-electron chi connectivity index (χ3n) is 5.46. The topological polar surface area (TPSA) is 91.6 Å². The van der Waals surface area contributed by atoms with Gasteiger partial charge in [-0.1, -0.05) is 61.3 Å². The van der Waals surface area contributed by atoms with Crippen molar-refractivity contribution in [2.75, 3.05) is 6.61 Å². The number of carboxylic acid groups (broad SMARTS) is 1. The van der Waals surface area contributed by atoms with Crippen LogP contribution in [0.25, 0.3) is 10.9 Å². The van der Waals surface area contributed by atoms with E-state index >= 15 is 0 Å². The second-order valence-corrected chi connectivity index (χ2v) is 8.60. The maximum Gasteiger partial charge on any atom is 0.311 e. The van der Waals surface area contributed by atoms with E-state index in [4.69, 9.17) is 23.2 Å². The number of aliphatic hydroxyl groups is 1. The monoisotopic (exact) mass is 496 g/mol. The first-order valence-electron chi connectivity index (χ1n) is 9.83. The molecule has 0 saturated carbocycles. The van der Waals surface area contributed by atoms with Gasteiger partial charge in [0, 0.05) is 18.0 Å². The van der Waals surface area contributed by atoms with Crippen LogP contribution in [0.15, 0.2) is 42.5 Å². The Bertz CT molecular complexity index is 1130. The first-order chi connectivity index (χ1) is 14.6. The van der Waals surface area contributed by atoms with Crippen LogP contribution in [0, 0.1) is 5.92 Å². The molecule has 0 radical (unpaired) electrons. The highest BCUT2D eigenvalue weighted by atomic mass is 35.5. The Morgan fingerprint density at radius 2 is 1.66 bits per heavy atom. The number of aliphatic hydroxyl groups excluding tert-OH is 1. The predicted molar refractivity (Wildman–Crippen MR) is 132 cm³/mol. The third kappa shape index (κ3) is 5.07. The molecule has 1 unspecified atom stereocenters. The normalized spacial score (nSPS) is 13.0. The summed E-state index contributed by atoms with van der Waals surface area (Å²) >= 11 is 12.3. The molecule has 0 bridgehead atoms. The first-order valence-corrected chi connectivity index (χ1v) is 10.6. The van der Waals surface area contributed by atoms with Crippen LogP contribution in [-0.2, 0) is 11.8 Å². The van der Waals surface area contributed by atoms with Crippen LogP contribution in [0.4, 0.5) is 0 Å². The van der Waals surface area contributed by atoms with Crippen molar-refractivity contribution < 1.29 is 19.8 Å². The minimum absolute atomic E-state index is 0. The summed E-state index contributed by atoms with van der Waals surface area (Å²) < 4.78 is 1.71. The van der Waals surface area contributed by atoms with Crippen LogP contribution >= 0.6 is 36.7 Å². The fourth-order valence-electron chi connectivity index (χ4n) is 3.78.